The molecule has 0 atom stereocenters. The molecule has 0 fully saturated rings. The van der Waals surface area contributed by atoms with Crippen LogP contribution in [0.5, 0.6) is 23.3 Å². The summed E-state index contributed by atoms with van der Waals surface area (Å²) in [6.45, 7) is 7.69. The van der Waals surface area contributed by atoms with E-state index in [1.54, 1.807) is 36.7 Å². The number of para-hydroxylation sites is 2. The van der Waals surface area contributed by atoms with Crippen molar-refractivity contribution in [3.05, 3.63) is 198 Å². The van der Waals surface area contributed by atoms with Crippen LogP contribution in [-0.2, 0) is 0 Å². The van der Waals surface area contributed by atoms with E-state index in [9.17, 15) is 20.1 Å². The quantitative estimate of drug-likeness (QED) is 0.134. The number of nitriles is 2. The van der Waals surface area contributed by atoms with Crippen molar-refractivity contribution >= 4 is 77.7 Å². The molecule has 0 aliphatic carbocycles. The number of nitrogens with zero attached hydrogens (tertiary/aromatic N) is 8. The summed E-state index contributed by atoms with van der Waals surface area (Å²) >= 11 is 2.80. The Kier molecular flexibility index (Phi) is 11.8. The number of hydrogen-bond donors (Lipinski definition) is 0. The molecular formula is C52H36N8O4S2. The number of ether oxygens (including phenoxy) is 2. The van der Waals surface area contributed by atoms with E-state index in [1.165, 1.54) is 43.6 Å². The van der Waals surface area contributed by atoms with Crippen molar-refractivity contribution in [2.45, 2.75) is 27.7 Å². The number of thiazole rings is 2. The van der Waals surface area contributed by atoms with Gasteiger partial charge in [-0.25, -0.2) is 9.97 Å². The van der Waals surface area contributed by atoms with Gasteiger partial charge in [0.05, 0.1) is 31.6 Å². The minimum Gasteiger partial charge on any atom is -0.438 e. The Bertz CT molecular complexity index is 3500. The molecule has 0 N–H and O–H groups in total. The molecule has 0 aliphatic rings. The van der Waals surface area contributed by atoms with Crippen LogP contribution in [0.2, 0.25) is 0 Å². The van der Waals surface area contributed by atoms with E-state index in [0.717, 1.165) is 42.7 Å². The fourth-order valence-corrected chi connectivity index (χ4v) is 8.98. The Hall–Kier alpha value is -8.56. The Morgan fingerprint density at radius 1 is 0.545 bits per heavy atom. The lowest BCUT2D eigenvalue weighted by molar-refractivity contribution is 0.460. The van der Waals surface area contributed by atoms with Crippen LogP contribution >= 0.6 is 22.7 Å². The fraction of sp³-hybridized carbons (Fsp3) is 0.0769. The summed E-state index contributed by atoms with van der Waals surface area (Å²) in [6, 6.07) is 42.1. The first kappa shape index (κ1) is 42.7. The summed E-state index contributed by atoms with van der Waals surface area (Å²) < 4.78 is 17.0. The van der Waals surface area contributed by atoms with E-state index in [1.807, 2.05) is 125 Å². The highest BCUT2D eigenvalue weighted by Crippen LogP contribution is 2.33. The van der Waals surface area contributed by atoms with Gasteiger partial charge in [0.15, 0.2) is 0 Å². The highest BCUT2D eigenvalue weighted by Gasteiger charge is 2.20. The number of allylic oxidation sites excluding steroid dienone is 2. The molecule has 10 aromatic rings. The zero-order valence-electron chi connectivity index (χ0n) is 35.9. The second kappa shape index (κ2) is 18.3. The molecule has 12 nitrogen and oxygen atoms in total. The molecule has 0 saturated heterocycles. The van der Waals surface area contributed by atoms with Gasteiger partial charge >= 0.3 is 0 Å². The third-order valence-corrected chi connectivity index (χ3v) is 12.5. The van der Waals surface area contributed by atoms with Crippen LogP contribution in [0.15, 0.2) is 143 Å². The topological polar surface area (TPSA) is 161 Å². The Morgan fingerprint density at radius 3 is 1.36 bits per heavy atom. The summed E-state index contributed by atoms with van der Waals surface area (Å²) in [5.74, 6) is 1.42. The summed E-state index contributed by atoms with van der Waals surface area (Å²) in [5.41, 5.74) is 6.62. The predicted octanol–water partition coefficient (Wildman–Crippen LogP) is 11.6. The van der Waals surface area contributed by atoms with Gasteiger partial charge < -0.3 is 9.47 Å². The Balaban J connectivity index is 0.000000166. The van der Waals surface area contributed by atoms with Gasteiger partial charge in [0, 0.05) is 12.4 Å². The Morgan fingerprint density at radius 2 is 0.970 bits per heavy atom. The molecule has 0 unspecified atom stereocenters. The zero-order valence-corrected chi connectivity index (χ0v) is 37.5. The maximum absolute atomic E-state index is 13.5. The second-order valence-corrected chi connectivity index (χ2v) is 17.3. The molecule has 6 heterocycles. The van der Waals surface area contributed by atoms with Gasteiger partial charge in [0.2, 0.25) is 11.8 Å². The molecule has 0 bridgehead atoms. The number of fused-ring (bicyclic) bond motifs is 4. The van der Waals surface area contributed by atoms with Gasteiger partial charge in [0.1, 0.15) is 56.1 Å². The number of hydrogen-bond acceptors (Lipinski definition) is 12. The molecule has 10 rings (SSSR count). The van der Waals surface area contributed by atoms with Crippen molar-refractivity contribution < 1.29 is 9.47 Å². The van der Waals surface area contributed by atoms with Crippen molar-refractivity contribution in [2.24, 2.45) is 0 Å². The first-order valence-electron chi connectivity index (χ1n) is 20.6. The molecule has 66 heavy (non-hydrogen) atoms. The average Bonchev–Trinajstić information content (AvgIpc) is 3.95. The zero-order chi connectivity index (χ0) is 45.9. The maximum Gasteiger partial charge on any atom is 0.269 e. The van der Waals surface area contributed by atoms with Crippen LogP contribution < -0.4 is 20.6 Å². The molecule has 0 aliphatic heterocycles. The van der Waals surface area contributed by atoms with E-state index < -0.39 is 0 Å². The monoisotopic (exact) mass is 900 g/mol. The number of aryl methyl sites for hydroxylation is 4. The summed E-state index contributed by atoms with van der Waals surface area (Å²) in [6.07, 6.45) is 6.37. The first-order chi connectivity index (χ1) is 32.1. The number of benzene rings is 4. The van der Waals surface area contributed by atoms with E-state index in [4.69, 9.17) is 9.47 Å². The van der Waals surface area contributed by atoms with Crippen LogP contribution in [-0.4, -0.2) is 28.7 Å². The van der Waals surface area contributed by atoms with E-state index in [2.05, 4.69) is 32.1 Å². The molecule has 0 spiro atoms. The van der Waals surface area contributed by atoms with Crippen molar-refractivity contribution in [2.75, 3.05) is 0 Å². The van der Waals surface area contributed by atoms with Gasteiger partial charge in [-0.05, 0) is 123 Å². The van der Waals surface area contributed by atoms with Gasteiger partial charge in [-0.1, -0.05) is 60.7 Å². The summed E-state index contributed by atoms with van der Waals surface area (Å²) in [4.78, 5) is 45.4. The maximum atomic E-state index is 13.5. The van der Waals surface area contributed by atoms with Crippen LogP contribution in [0.4, 0.5) is 0 Å². The minimum atomic E-state index is -0.319. The SMILES string of the molecule is Cc1cccc(Oc2nc3c(C)cccn3c(=O)c2/C=C(\C#N)c2nc3ccccc3s2)c1.Cc1cccc(Oc2nc3c(C)cccn3c(=O)c2/C=C(\C#N)c2nc3ccccc3s2)c1. The summed E-state index contributed by atoms with van der Waals surface area (Å²) in [5, 5.41) is 20.9. The van der Waals surface area contributed by atoms with E-state index >= 15 is 0 Å². The number of rotatable bonds is 8. The van der Waals surface area contributed by atoms with Gasteiger partial charge in [-0.3, -0.25) is 18.4 Å². The normalized spacial score (nSPS) is 11.6. The van der Waals surface area contributed by atoms with Crippen LogP contribution in [0, 0.1) is 50.4 Å². The third kappa shape index (κ3) is 8.70. The highest BCUT2D eigenvalue weighted by atomic mass is 32.1. The van der Waals surface area contributed by atoms with Crippen molar-refractivity contribution in [3.8, 4) is 35.4 Å². The van der Waals surface area contributed by atoms with Crippen molar-refractivity contribution in [1.82, 2.24) is 28.7 Å². The standard InChI is InChI=1S/2C26H18N4O2S/c2*1-16-7-5-9-19(13-16)32-24-20(26(31)30-12-6-8-17(2)23(30)29-24)14-18(15-27)25-28-21-10-3-4-11-22(21)33-25/h2*3-14H,1-2H3/b2*18-14+. The smallest absolute Gasteiger partial charge is 0.269 e. The average molecular weight is 901 g/mol. The number of aromatic nitrogens is 6. The molecule has 320 valence electrons. The largest absolute Gasteiger partial charge is 0.438 e. The number of pyridine rings is 2. The van der Waals surface area contributed by atoms with E-state index in [-0.39, 0.29) is 45.2 Å². The van der Waals surface area contributed by atoms with Gasteiger partial charge in [0.25, 0.3) is 11.1 Å². The molecule has 4 aromatic carbocycles. The van der Waals surface area contributed by atoms with Crippen LogP contribution in [0.3, 0.4) is 0 Å². The minimum absolute atomic E-state index is 0.147. The lowest BCUT2D eigenvalue weighted by Crippen LogP contribution is -2.19. The molecular weight excluding hydrogens is 865 g/mol. The highest BCUT2D eigenvalue weighted by molar-refractivity contribution is 7.20. The molecule has 6 aromatic heterocycles. The third-order valence-electron chi connectivity index (χ3n) is 10.4. The van der Waals surface area contributed by atoms with Crippen LogP contribution in [0.25, 0.3) is 55.0 Å². The van der Waals surface area contributed by atoms with Gasteiger partial charge in [-0.15, -0.1) is 22.7 Å². The molecule has 0 saturated carbocycles. The lowest BCUT2D eigenvalue weighted by atomic mass is 10.2. The first-order valence-corrected chi connectivity index (χ1v) is 22.2. The van der Waals surface area contributed by atoms with Crippen molar-refractivity contribution in [3.63, 3.8) is 0 Å². The second-order valence-electron chi connectivity index (χ2n) is 15.2. The lowest BCUT2D eigenvalue weighted by Gasteiger charge is -2.11. The Labute approximate surface area is 385 Å². The summed E-state index contributed by atoms with van der Waals surface area (Å²) in [7, 11) is 0. The molecule has 0 radical (unpaired) electrons. The van der Waals surface area contributed by atoms with E-state index in [0.29, 0.717) is 32.8 Å². The molecule has 14 heteroatoms. The van der Waals surface area contributed by atoms with Crippen LogP contribution in [0.1, 0.15) is 43.4 Å². The molecule has 0 amide bonds. The van der Waals surface area contributed by atoms with Gasteiger partial charge in [-0.2, -0.15) is 20.5 Å². The van der Waals surface area contributed by atoms with Crippen molar-refractivity contribution in [1.29, 1.82) is 10.5 Å². The fourth-order valence-electron chi connectivity index (χ4n) is 7.11. The predicted molar refractivity (Wildman–Crippen MR) is 261 cm³/mol.